The SMILES string of the molecule is CCC[C@@H](NC(=O)COC(=O)c1c(NC(C)=O)sc(C)c1C)c1ccccc1. The van der Waals surface area contributed by atoms with Crippen molar-refractivity contribution in [2.75, 3.05) is 11.9 Å². The van der Waals surface area contributed by atoms with Crippen LogP contribution in [0.2, 0.25) is 0 Å². The molecule has 28 heavy (non-hydrogen) atoms. The molecule has 2 aromatic rings. The summed E-state index contributed by atoms with van der Waals surface area (Å²) in [6, 6.07) is 9.57. The van der Waals surface area contributed by atoms with Crippen molar-refractivity contribution < 1.29 is 19.1 Å². The van der Waals surface area contributed by atoms with Gasteiger partial charge in [0.15, 0.2) is 6.61 Å². The molecular weight excluding hydrogens is 376 g/mol. The van der Waals surface area contributed by atoms with Gasteiger partial charge in [0.1, 0.15) is 5.00 Å². The number of aryl methyl sites for hydroxylation is 1. The van der Waals surface area contributed by atoms with E-state index < -0.39 is 5.97 Å². The monoisotopic (exact) mass is 402 g/mol. The largest absolute Gasteiger partial charge is 0.452 e. The summed E-state index contributed by atoms with van der Waals surface area (Å²) in [6.45, 7) is 6.71. The molecular formula is C21H26N2O4S. The summed E-state index contributed by atoms with van der Waals surface area (Å²) in [7, 11) is 0. The third kappa shape index (κ3) is 5.66. The molecule has 0 aliphatic heterocycles. The average molecular weight is 403 g/mol. The third-order valence-electron chi connectivity index (χ3n) is 4.33. The number of hydrogen-bond donors (Lipinski definition) is 2. The maximum Gasteiger partial charge on any atom is 0.341 e. The van der Waals surface area contributed by atoms with Gasteiger partial charge in [-0.3, -0.25) is 9.59 Å². The number of carbonyl (C=O) groups excluding carboxylic acids is 3. The van der Waals surface area contributed by atoms with Crippen LogP contribution in [0.15, 0.2) is 30.3 Å². The predicted molar refractivity (Wildman–Crippen MR) is 111 cm³/mol. The zero-order valence-electron chi connectivity index (χ0n) is 16.6. The van der Waals surface area contributed by atoms with Gasteiger partial charge < -0.3 is 15.4 Å². The molecule has 0 spiro atoms. The smallest absolute Gasteiger partial charge is 0.341 e. The first-order valence-corrected chi connectivity index (χ1v) is 10.0. The summed E-state index contributed by atoms with van der Waals surface area (Å²) in [5.41, 5.74) is 2.06. The predicted octanol–water partition coefficient (Wildman–Crippen LogP) is 4.14. The van der Waals surface area contributed by atoms with Gasteiger partial charge in [0.2, 0.25) is 5.91 Å². The van der Waals surface area contributed by atoms with Gasteiger partial charge in [0, 0.05) is 11.8 Å². The van der Waals surface area contributed by atoms with Crippen LogP contribution in [0.4, 0.5) is 5.00 Å². The standard InChI is InChI=1S/C21H26N2O4S/c1-5-9-17(16-10-7-6-8-11-16)23-18(25)12-27-21(26)19-13(2)14(3)28-20(19)22-15(4)24/h6-8,10-11,17H,5,9,12H2,1-4H3,(H,22,24)(H,23,25)/t17-/m1/s1. The van der Waals surface area contributed by atoms with Gasteiger partial charge in [-0.05, 0) is 31.4 Å². The lowest BCUT2D eigenvalue weighted by Crippen LogP contribution is -2.32. The van der Waals surface area contributed by atoms with E-state index in [4.69, 9.17) is 4.74 Å². The number of ether oxygens (including phenoxy) is 1. The van der Waals surface area contributed by atoms with E-state index in [9.17, 15) is 14.4 Å². The number of carbonyl (C=O) groups is 3. The highest BCUT2D eigenvalue weighted by Crippen LogP contribution is 2.33. The first-order chi connectivity index (χ1) is 13.3. The number of esters is 1. The fourth-order valence-corrected chi connectivity index (χ4v) is 3.95. The molecule has 0 saturated carbocycles. The van der Waals surface area contributed by atoms with Crippen molar-refractivity contribution in [1.29, 1.82) is 0 Å². The molecule has 2 N–H and O–H groups in total. The summed E-state index contributed by atoms with van der Waals surface area (Å²) in [5, 5.41) is 6.02. The summed E-state index contributed by atoms with van der Waals surface area (Å²) >= 11 is 1.31. The van der Waals surface area contributed by atoms with Crippen LogP contribution in [0.1, 0.15) is 59.1 Å². The van der Waals surface area contributed by atoms with E-state index in [-0.39, 0.29) is 24.5 Å². The third-order valence-corrected chi connectivity index (χ3v) is 5.45. The Morgan fingerprint density at radius 3 is 2.43 bits per heavy atom. The van der Waals surface area contributed by atoms with Crippen molar-refractivity contribution in [3.63, 3.8) is 0 Å². The number of hydrogen-bond acceptors (Lipinski definition) is 5. The highest BCUT2D eigenvalue weighted by Gasteiger charge is 2.23. The Hall–Kier alpha value is -2.67. The number of anilines is 1. The topological polar surface area (TPSA) is 84.5 Å². The average Bonchev–Trinajstić information content (AvgIpc) is 2.93. The highest BCUT2D eigenvalue weighted by atomic mass is 32.1. The van der Waals surface area contributed by atoms with Crippen LogP contribution in [-0.4, -0.2) is 24.4 Å². The molecule has 0 radical (unpaired) electrons. The fourth-order valence-electron chi connectivity index (χ4n) is 2.86. The molecule has 7 heteroatoms. The molecule has 6 nitrogen and oxygen atoms in total. The van der Waals surface area contributed by atoms with E-state index in [2.05, 4.69) is 10.6 Å². The summed E-state index contributed by atoms with van der Waals surface area (Å²) in [6.07, 6.45) is 1.70. The van der Waals surface area contributed by atoms with E-state index >= 15 is 0 Å². The molecule has 150 valence electrons. The molecule has 0 fully saturated rings. The maximum absolute atomic E-state index is 12.5. The molecule has 2 rings (SSSR count). The zero-order valence-corrected chi connectivity index (χ0v) is 17.4. The minimum absolute atomic E-state index is 0.127. The molecule has 0 aliphatic rings. The summed E-state index contributed by atoms with van der Waals surface area (Å²) < 4.78 is 5.23. The molecule has 0 bridgehead atoms. The van der Waals surface area contributed by atoms with Crippen molar-refractivity contribution in [2.24, 2.45) is 0 Å². The summed E-state index contributed by atoms with van der Waals surface area (Å²) in [5.74, 6) is -1.24. The Labute approximate surface area is 169 Å². The van der Waals surface area contributed by atoms with E-state index in [0.29, 0.717) is 10.6 Å². The molecule has 0 saturated heterocycles. The van der Waals surface area contributed by atoms with E-state index in [1.54, 1.807) is 6.92 Å². The molecule has 0 aliphatic carbocycles. The van der Waals surface area contributed by atoms with Crippen molar-refractivity contribution in [3.8, 4) is 0 Å². The van der Waals surface area contributed by atoms with Crippen molar-refractivity contribution >= 4 is 34.1 Å². The fraction of sp³-hybridized carbons (Fsp3) is 0.381. The first kappa shape index (κ1) is 21.6. The van der Waals surface area contributed by atoms with Crippen molar-refractivity contribution in [3.05, 3.63) is 51.9 Å². The van der Waals surface area contributed by atoms with Gasteiger partial charge >= 0.3 is 5.97 Å². The molecule has 0 unspecified atom stereocenters. The Morgan fingerprint density at radius 2 is 1.82 bits per heavy atom. The Bertz CT molecular complexity index is 846. The number of benzene rings is 1. The minimum atomic E-state index is -0.618. The maximum atomic E-state index is 12.5. The lowest BCUT2D eigenvalue weighted by Gasteiger charge is -2.18. The number of amides is 2. The van der Waals surface area contributed by atoms with Crippen LogP contribution in [0.3, 0.4) is 0 Å². The van der Waals surface area contributed by atoms with Gasteiger partial charge in [-0.2, -0.15) is 0 Å². The Balaban J connectivity index is 2.02. The van der Waals surface area contributed by atoms with Crippen LogP contribution in [0.25, 0.3) is 0 Å². The summed E-state index contributed by atoms with van der Waals surface area (Å²) in [4.78, 5) is 37.1. The molecule has 2 amide bonds. The van der Waals surface area contributed by atoms with Crippen LogP contribution in [0.5, 0.6) is 0 Å². The van der Waals surface area contributed by atoms with Gasteiger partial charge in [0.05, 0.1) is 11.6 Å². The number of nitrogens with one attached hydrogen (secondary N) is 2. The van der Waals surface area contributed by atoms with Gasteiger partial charge in [-0.25, -0.2) is 4.79 Å². The van der Waals surface area contributed by atoms with Gasteiger partial charge in [-0.15, -0.1) is 11.3 Å². The van der Waals surface area contributed by atoms with Crippen LogP contribution < -0.4 is 10.6 Å². The van der Waals surface area contributed by atoms with Gasteiger partial charge in [0.25, 0.3) is 5.91 Å². The molecule has 1 heterocycles. The number of thiophene rings is 1. The number of rotatable bonds is 8. The second-order valence-corrected chi connectivity index (χ2v) is 7.79. The van der Waals surface area contributed by atoms with Crippen LogP contribution in [-0.2, 0) is 14.3 Å². The van der Waals surface area contributed by atoms with E-state index in [1.807, 2.05) is 44.2 Å². The van der Waals surface area contributed by atoms with Crippen molar-refractivity contribution in [1.82, 2.24) is 5.32 Å². The van der Waals surface area contributed by atoms with E-state index in [1.165, 1.54) is 18.3 Å². The normalized spacial score (nSPS) is 11.6. The quantitative estimate of drug-likeness (QED) is 0.650. The van der Waals surface area contributed by atoms with Crippen molar-refractivity contribution in [2.45, 2.75) is 46.6 Å². The lowest BCUT2D eigenvalue weighted by atomic mass is 10.0. The van der Waals surface area contributed by atoms with Crippen LogP contribution >= 0.6 is 11.3 Å². The van der Waals surface area contributed by atoms with Gasteiger partial charge in [-0.1, -0.05) is 43.7 Å². The van der Waals surface area contributed by atoms with E-state index in [0.717, 1.165) is 28.8 Å². The lowest BCUT2D eigenvalue weighted by molar-refractivity contribution is -0.125. The molecule has 1 aromatic carbocycles. The molecule has 1 aromatic heterocycles. The second kappa shape index (κ2) is 10.0. The highest BCUT2D eigenvalue weighted by molar-refractivity contribution is 7.16. The first-order valence-electron chi connectivity index (χ1n) is 9.22. The zero-order chi connectivity index (χ0) is 20.7. The van der Waals surface area contributed by atoms with Crippen LogP contribution in [0, 0.1) is 13.8 Å². The molecule has 1 atom stereocenters. The Kier molecular flexibility index (Phi) is 7.75. The Morgan fingerprint density at radius 1 is 1.14 bits per heavy atom. The second-order valence-electron chi connectivity index (χ2n) is 6.56. The minimum Gasteiger partial charge on any atom is -0.452 e.